The minimum absolute atomic E-state index is 0.106. The van der Waals surface area contributed by atoms with E-state index >= 15 is 0 Å². The minimum atomic E-state index is -0.538. The number of carbonyl (C=O) groups excluding carboxylic acids is 1. The van der Waals surface area contributed by atoms with Crippen molar-refractivity contribution >= 4 is 11.8 Å². The van der Waals surface area contributed by atoms with Crippen molar-refractivity contribution in [3.63, 3.8) is 0 Å². The van der Waals surface area contributed by atoms with Gasteiger partial charge < -0.3 is 10.1 Å². The number of nitrogens with zero attached hydrogens (tertiary/aromatic N) is 2. The molecule has 0 fully saturated rings. The lowest BCUT2D eigenvalue weighted by atomic mass is 10.2. The largest absolute Gasteiger partial charge is 0.445 e. The molecule has 0 saturated carbocycles. The molecule has 7 heteroatoms. The number of nitro groups is 1. The molecule has 0 saturated heterocycles. The number of rotatable bonds is 5. The lowest BCUT2D eigenvalue weighted by Gasteiger charge is -2.05. The number of amides is 1. The molecule has 1 heterocycles. The molecular weight excluding hydrogens is 310 g/mol. The maximum atomic E-state index is 11.5. The molecule has 24 heavy (non-hydrogen) atoms. The first-order valence-corrected chi connectivity index (χ1v) is 7.19. The van der Waals surface area contributed by atoms with Crippen LogP contribution < -0.4 is 5.32 Å². The summed E-state index contributed by atoms with van der Waals surface area (Å²) in [6.45, 7) is 0.472. The van der Waals surface area contributed by atoms with Crippen LogP contribution in [0.3, 0.4) is 0 Å². The monoisotopic (exact) mass is 325 g/mol. The lowest BCUT2D eigenvalue weighted by Crippen LogP contribution is -2.24. The van der Waals surface area contributed by atoms with Crippen LogP contribution in [0.1, 0.15) is 17.7 Å². The molecule has 0 aliphatic carbocycles. The van der Waals surface area contributed by atoms with E-state index in [9.17, 15) is 14.9 Å². The Bertz CT molecular complexity index is 766. The van der Waals surface area contributed by atoms with Crippen LogP contribution in [0.15, 0.2) is 48.7 Å². The van der Waals surface area contributed by atoms with Crippen LogP contribution in [-0.4, -0.2) is 22.5 Å². The predicted octanol–water partition coefficient (Wildman–Crippen LogP) is 2.66. The highest BCUT2D eigenvalue weighted by molar-refractivity contribution is 5.67. The summed E-state index contributed by atoms with van der Waals surface area (Å²) >= 11 is 0. The smallest absolute Gasteiger partial charge is 0.407 e. The van der Waals surface area contributed by atoms with Crippen molar-refractivity contribution in [2.75, 3.05) is 6.54 Å². The molecule has 0 bridgehead atoms. The van der Waals surface area contributed by atoms with Crippen molar-refractivity contribution in [1.82, 2.24) is 10.3 Å². The standard InChI is InChI=1S/C17H15N3O4/c21-17(24-13-14-7-2-1-3-8-14)19-11-5-4-9-15-16(20(22)23)10-6-12-18-15/h1-3,6-8,10,12H,5,11,13H2,(H,19,21). The van der Waals surface area contributed by atoms with Gasteiger partial charge in [0.15, 0.2) is 5.69 Å². The van der Waals surface area contributed by atoms with Crippen LogP contribution in [0.2, 0.25) is 0 Å². The van der Waals surface area contributed by atoms with Gasteiger partial charge in [-0.25, -0.2) is 9.78 Å². The number of benzene rings is 1. The Balaban J connectivity index is 1.74. The second-order valence-corrected chi connectivity index (χ2v) is 4.67. The zero-order chi connectivity index (χ0) is 17.2. The van der Waals surface area contributed by atoms with Gasteiger partial charge in [0.1, 0.15) is 6.61 Å². The summed E-state index contributed by atoms with van der Waals surface area (Å²) in [4.78, 5) is 25.7. The summed E-state index contributed by atoms with van der Waals surface area (Å²) in [7, 11) is 0. The Morgan fingerprint density at radius 3 is 2.79 bits per heavy atom. The van der Waals surface area contributed by atoms with Gasteiger partial charge in [0.2, 0.25) is 0 Å². The molecule has 2 aromatic rings. The topological polar surface area (TPSA) is 94.4 Å². The SMILES string of the molecule is O=C(NCCC#Cc1ncccc1[N+](=O)[O-])OCc1ccccc1. The molecule has 0 radical (unpaired) electrons. The third-order valence-corrected chi connectivity index (χ3v) is 2.92. The Hall–Kier alpha value is -3.40. The molecule has 0 aliphatic rings. The van der Waals surface area contributed by atoms with Gasteiger partial charge in [-0.05, 0) is 17.6 Å². The average Bonchev–Trinajstić information content (AvgIpc) is 2.61. The molecule has 1 aromatic carbocycles. The number of alkyl carbamates (subject to hydrolysis) is 1. The first-order chi connectivity index (χ1) is 11.7. The highest BCUT2D eigenvalue weighted by Crippen LogP contribution is 2.13. The van der Waals surface area contributed by atoms with Crippen molar-refractivity contribution in [2.45, 2.75) is 13.0 Å². The number of carbonyl (C=O) groups is 1. The molecule has 0 spiro atoms. The summed E-state index contributed by atoms with van der Waals surface area (Å²) in [5.74, 6) is 5.37. The third-order valence-electron chi connectivity index (χ3n) is 2.92. The summed E-state index contributed by atoms with van der Waals surface area (Å²) in [6.07, 6.45) is 1.23. The quantitative estimate of drug-likeness (QED) is 0.395. The number of hydrogen-bond acceptors (Lipinski definition) is 5. The number of pyridine rings is 1. The Morgan fingerprint density at radius 2 is 2.04 bits per heavy atom. The van der Waals surface area contributed by atoms with Crippen LogP contribution in [0.25, 0.3) is 0 Å². The molecule has 1 N–H and O–H groups in total. The van der Waals surface area contributed by atoms with E-state index in [1.54, 1.807) is 0 Å². The molecule has 122 valence electrons. The molecule has 2 rings (SSSR count). The molecule has 0 unspecified atom stereocenters. The van der Waals surface area contributed by atoms with Gasteiger partial charge in [-0.3, -0.25) is 10.1 Å². The maximum Gasteiger partial charge on any atom is 0.407 e. The number of ether oxygens (including phenoxy) is 1. The minimum Gasteiger partial charge on any atom is -0.445 e. The molecule has 1 aromatic heterocycles. The predicted molar refractivity (Wildman–Crippen MR) is 87.0 cm³/mol. The molecule has 0 aliphatic heterocycles. The van der Waals surface area contributed by atoms with Crippen molar-refractivity contribution in [3.8, 4) is 11.8 Å². The van der Waals surface area contributed by atoms with E-state index in [1.807, 2.05) is 30.3 Å². The fourth-order valence-electron chi connectivity index (χ4n) is 1.79. The Morgan fingerprint density at radius 1 is 1.25 bits per heavy atom. The summed E-state index contributed by atoms with van der Waals surface area (Å²) in [5, 5.41) is 13.4. The van der Waals surface area contributed by atoms with Crippen LogP contribution in [0, 0.1) is 22.0 Å². The average molecular weight is 325 g/mol. The van der Waals surface area contributed by atoms with Crippen molar-refractivity contribution in [2.24, 2.45) is 0 Å². The fraction of sp³-hybridized carbons (Fsp3) is 0.176. The second-order valence-electron chi connectivity index (χ2n) is 4.67. The molecule has 0 atom stereocenters. The van der Waals surface area contributed by atoms with Crippen LogP contribution >= 0.6 is 0 Å². The van der Waals surface area contributed by atoms with E-state index in [0.29, 0.717) is 6.42 Å². The second kappa shape index (κ2) is 8.90. The zero-order valence-electron chi connectivity index (χ0n) is 12.8. The summed E-state index contributed by atoms with van der Waals surface area (Å²) < 4.78 is 5.04. The van der Waals surface area contributed by atoms with Crippen molar-refractivity contribution < 1.29 is 14.5 Å². The molecular formula is C17H15N3O4. The highest BCUT2D eigenvalue weighted by Gasteiger charge is 2.11. The van der Waals surface area contributed by atoms with Crippen molar-refractivity contribution in [3.05, 3.63) is 70.0 Å². The van der Waals surface area contributed by atoms with Gasteiger partial charge in [-0.1, -0.05) is 36.3 Å². The van der Waals surface area contributed by atoms with Crippen LogP contribution in [-0.2, 0) is 11.3 Å². The maximum absolute atomic E-state index is 11.5. The van der Waals surface area contributed by atoms with Gasteiger partial charge in [-0.2, -0.15) is 0 Å². The first-order valence-electron chi connectivity index (χ1n) is 7.19. The lowest BCUT2D eigenvalue weighted by molar-refractivity contribution is -0.385. The van der Waals surface area contributed by atoms with Gasteiger partial charge in [0.25, 0.3) is 0 Å². The van der Waals surface area contributed by atoms with E-state index in [2.05, 4.69) is 22.1 Å². The van der Waals surface area contributed by atoms with E-state index in [4.69, 9.17) is 4.74 Å². The Kier molecular flexibility index (Phi) is 6.29. The van der Waals surface area contributed by atoms with E-state index < -0.39 is 11.0 Å². The van der Waals surface area contributed by atoms with Gasteiger partial charge in [-0.15, -0.1) is 0 Å². The summed E-state index contributed by atoms with van der Waals surface area (Å²) in [5.41, 5.74) is 0.865. The normalized spacial score (nSPS) is 9.50. The zero-order valence-corrected chi connectivity index (χ0v) is 12.8. The highest BCUT2D eigenvalue weighted by atomic mass is 16.6. The Labute approximate surface area is 138 Å². The van der Waals surface area contributed by atoms with Gasteiger partial charge in [0.05, 0.1) is 4.92 Å². The van der Waals surface area contributed by atoms with Gasteiger partial charge >= 0.3 is 11.8 Å². The van der Waals surface area contributed by atoms with E-state index in [0.717, 1.165) is 5.56 Å². The van der Waals surface area contributed by atoms with Crippen LogP contribution in [0.5, 0.6) is 0 Å². The summed E-state index contributed by atoms with van der Waals surface area (Å²) in [6, 6.07) is 12.2. The number of hydrogen-bond donors (Lipinski definition) is 1. The number of aromatic nitrogens is 1. The molecule has 1 amide bonds. The van der Waals surface area contributed by atoms with Crippen LogP contribution in [0.4, 0.5) is 10.5 Å². The first kappa shape index (κ1) is 17.0. The van der Waals surface area contributed by atoms with Crippen molar-refractivity contribution in [1.29, 1.82) is 0 Å². The molecule has 7 nitrogen and oxygen atoms in total. The van der Waals surface area contributed by atoms with E-state index in [1.165, 1.54) is 18.3 Å². The third kappa shape index (κ3) is 5.42. The van der Waals surface area contributed by atoms with E-state index in [-0.39, 0.29) is 24.5 Å². The number of nitrogens with one attached hydrogen (secondary N) is 1. The fourth-order valence-corrected chi connectivity index (χ4v) is 1.79. The van der Waals surface area contributed by atoms with Gasteiger partial charge in [0, 0.05) is 25.2 Å².